The molecule has 2 N–H and O–H groups in total. The summed E-state index contributed by atoms with van der Waals surface area (Å²) in [6.07, 6.45) is -4.10. The minimum Gasteiger partial charge on any atom is -0.480 e. The maximum absolute atomic E-state index is 12.0. The van der Waals surface area contributed by atoms with E-state index in [1.54, 1.807) is 0 Å². The number of hydrogen-bond acceptors (Lipinski definition) is 3. The van der Waals surface area contributed by atoms with Gasteiger partial charge in [-0.15, -0.1) is 13.2 Å². The molecule has 5 nitrogen and oxygen atoms in total. The number of ether oxygens (including phenoxy) is 1. The third-order valence-corrected chi connectivity index (χ3v) is 3.14. The van der Waals surface area contributed by atoms with Crippen molar-refractivity contribution in [3.8, 4) is 5.75 Å². The number of alkyl halides is 3. The summed E-state index contributed by atoms with van der Waals surface area (Å²) in [7, 11) is 0. The molecule has 1 amide bonds. The van der Waals surface area contributed by atoms with Crippen molar-refractivity contribution in [3.63, 3.8) is 0 Å². The van der Waals surface area contributed by atoms with Crippen LogP contribution in [0.25, 0.3) is 0 Å². The number of aliphatic carboxylic acids is 1. The highest BCUT2D eigenvalue weighted by atomic mass is 19.4. The van der Waals surface area contributed by atoms with E-state index in [1.165, 1.54) is 24.3 Å². The first-order chi connectivity index (χ1) is 11.1. The molecule has 0 aliphatic heterocycles. The highest BCUT2D eigenvalue weighted by Crippen LogP contribution is 2.23. The Kier molecular flexibility index (Phi) is 7.06. The number of rotatable bonds is 8. The molecule has 1 aromatic carbocycles. The molecule has 0 aliphatic carbocycles. The van der Waals surface area contributed by atoms with Gasteiger partial charge in [-0.1, -0.05) is 26.0 Å². The minimum atomic E-state index is -4.75. The third-order valence-electron chi connectivity index (χ3n) is 3.14. The van der Waals surface area contributed by atoms with Gasteiger partial charge in [0.15, 0.2) is 0 Å². The topological polar surface area (TPSA) is 75.6 Å². The van der Waals surface area contributed by atoms with Crippen molar-refractivity contribution in [2.45, 2.75) is 45.5 Å². The maximum Gasteiger partial charge on any atom is 0.573 e. The van der Waals surface area contributed by atoms with Crippen molar-refractivity contribution in [3.05, 3.63) is 29.8 Å². The molecule has 1 rings (SSSR count). The summed E-state index contributed by atoms with van der Waals surface area (Å²) in [5.74, 6) is -1.73. The number of nitrogens with one attached hydrogen (secondary N) is 1. The number of carbonyl (C=O) groups excluding carboxylic acids is 1. The summed E-state index contributed by atoms with van der Waals surface area (Å²) in [6.45, 7) is 3.71. The zero-order chi connectivity index (χ0) is 18.3. The molecular formula is C16H20F3NO4. The number of amides is 1. The van der Waals surface area contributed by atoms with Crippen LogP contribution in [0.5, 0.6) is 5.75 Å². The van der Waals surface area contributed by atoms with Gasteiger partial charge >= 0.3 is 12.3 Å². The molecule has 1 atom stereocenters. The third kappa shape index (κ3) is 7.85. The van der Waals surface area contributed by atoms with Crippen LogP contribution < -0.4 is 10.1 Å². The molecule has 0 fully saturated rings. The van der Waals surface area contributed by atoms with E-state index in [1.807, 2.05) is 13.8 Å². The summed E-state index contributed by atoms with van der Waals surface area (Å²) in [6, 6.07) is 4.24. The number of carboxylic acid groups (broad SMARTS) is 1. The first-order valence-electron chi connectivity index (χ1n) is 7.43. The van der Waals surface area contributed by atoms with Crippen molar-refractivity contribution >= 4 is 11.9 Å². The first kappa shape index (κ1) is 19.8. The fourth-order valence-corrected chi connectivity index (χ4v) is 2.08. The number of carbonyl (C=O) groups is 2. The molecule has 0 bridgehead atoms. The summed E-state index contributed by atoms with van der Waals surface area (Å²) in [5, 5.41) is 11.5. The van der Waals surface area contributed by atoms with Crippen LogP contribution in [0.4, 0.5) is 13.2 Å². The molecule has 0 radical (unpaired) electrons. The van der Waals surface area contributed by atoms with Crippen molar-refractivity contribution in [1.82, 2.24) is 5.32 Å². The number of carboxylic acids is 1. The van der Waals surface area contributed by atoms with Gasteiger partial charge in [0.25, 0.3) is 0 Å². The minimum absolute atomic E-state index is 0.0430. The Morgan fingerprint density at radius 1 is 1.21 bits per heavy atom. The van der Waals surface area contributed by atoms with E-state index in [0.29, 0.717) is 12.0 Å². The van der Waals surface area contributed by atoms with Gasteiger partial charge in [-0.2, -0.15) is 0 Å². The van der Waals surface area contributed by atoms with Crippen LogP contribution in [0.3, 0.4) is 0 Å². The number of benzene rings is 1. The molecule has 0 heterocycles. The average molecular weight is 347 g/mol. The van der Waals surface area contributed by atoms with Gasteiger partial charge in [-0.3, -0.25) is 4.79 Å². The molecule has 0 aliphatic rings. The van der Waals surface area contributed by atoms with Gasteiger partial charge in [-0.05, 0) is 36.5 Å². The standard InChI is InChI=1S/C16H20F3NO4/c1-10(2)9-13(15(22)23)20-14(21)8-5-11-3-6-12(7-4-11)24-16(17,18)19/h3-4,6-7,10,13H,5,8-9H2,1-2H3,(H,20,21)(H,22,23). The second-order valence-electron chi connectivity index (χ2n) is 5.78. The van der Waals surface area contributed by atoms with Gasteiger partial charge < -0.3 is 15.2 Å². The molecular weight excluding hydrogens is 327 g/mol. The predicted octanol–water partition coefficient (Wildman–Crippen LogP) is 3.13. The van der Waals surface area contributed by atoms with Crippen LogP contribution in [-0.4, -0.2) is 29.4 Å². The van der Waals surface area contributed by atoms with Crippen LogP contribution in [0.15, 0.2) is 24.3 Å². The highest BCUT2D eigenvalue weighted by molar-refractivity contribution is 5.83. The molecule has 134 valence electrons. The van der Waals surface area contributed by atoms with Gasteiger partial charge in [0, 0.05) is 6.42 Å². The van der Waals surface area contributed by atoms with Crippen molar-refractivity contribution in [2.75, 3.05) is 0 Å². The lowest BCUT2D eigenvalue weighted by molar-refractivity contribution is -0.274. The Balaban J connectivity index is 2.50. The van der Waals surface area contributed by atoms with E-state index in [9.17, 15) is 22.8 Å². The van der Waals surface area contributed by atoms with Gasteiger partial charge in [0.1, 0.15) is 11.8 Å². The molecule has 0 spiro atoms. The number of halogens is 3. The van der Waals surface area contributed by atoms with E-state index in [2.05, 4.69) is 10.1 Å². The largest absolute Gasteiger partial charge is 0.573 e. The molecule has 8 heteroatoms. The van der Waals surface area contributed by atoms with E-state index >= 15 is 0 Å². The van der Waals surface area contributed by atoms with Crippen molar-refractivity contribution < 1.29 is 32.6 Å². The smallest absolute Gasteiger partial charge is 0.480 e. The zero-order valence-electron chi connectivity index (χ0n) is 13.4. The van der Waals surface area contributed by atoms with Crippen molar-refractivity contribution in [1.29, 1.82) is 0 Å². The lowest BCUT2D eigenvalue weighted by atomic mass is 10.0. The SMILES string of the molecule is CC(C)CC(NC(=O)CCc1ccc(OC(F)(F)F)cc1)C(=O)O. The quantitative estimate of drug-likeness (QED) is 0.758. The fraction of sp³-hybridized carbons (Fsp3) is 0.500. The van der Waals surface area contributed by atoms with Crippen LogP contribution in [0.2, 0.25) is 0 Å². The van der Waals surface area contributed by atoms with E-state index in [0.717, 1.165) is 0 Å². The van der Waals surface area contributed by atoms with Gasteiger partial charge in [0.2, 0.25) is 5.91 Å². The second-order valence-corrected chi connectivity index (χ2v) is 5.78. The lowest BCUT2D eigenvalue weighted by Crippen LogP contribution is -2.41. The van der Waals surface area contributed by atoms with Crippen LogP contribution in [-0.2, 0) is 16.0 Å². The lowest BCUT2D eigenvalue weighted by Gasteiger charge is -2.16. The Hall–Kier alpha value is -2.25. The Morgan fingerprint density at radius 3 is 2.25 bits per heavy atom. The monoisotopic (exact) mass is 347 g/mol. The van der Waals surface area contributed by atoms with E-state index < -0.39 is 24.3 Å². The molecule has 0 saturated carbocycles. The van der Waals surface area contributed by atoms with Crippen LogP contribution in [0.1, 0.15) is 32.3 Å². The molecule has 24 heavy (non-hydrogen) atoms. The fourth-order valence-electron chi connectivity index (χ4n) is 2.08. The second kappa shape index (κ2) is 8.56. The number of aryl methyl sites for hydroxylation is 1. The predicted molar refractivity (Wildman–Crippen MR) is 80.5 cm³/mol. The van der Waals surface area contributed by atoms with E-state index in [4.69, 9.17) is 5.11 Å². The van der Waals surface area contributed by atoms with Crippen LogP contribution >= 0.6 is 0 Å². The molecule has 0 saturated heterocycles. The highest BCUT2D eigenvalue weighted by Gasteiger charge is 2.30. The van der Waals surface area contributed by atoms with Gasteiger partial charge in [-0.25, -0.2) is 4.79 Å². The summed E-state index contributed by atoms with van der Waals surface area (Å²) in [4.78, 5) is 22.9. The zero-order valence-corrected chi connectivity index (χ0v) is 13.4. The van der Waals surface area contributed by atoms with Gasteiger partial charge in [0.05, 0.1) is 0 Å². The van der Waals surface area contributed by atoms with E-state index in [-0.39, 0.29) is 24.5 Å². The average Bonchev–Trinajstić information content (AvgIpc) is 2.43. The maximum atomic E-state index is 12.0. The Bertz CT molecular complexity index is 555. The molecule has 0 aromatic heterocycles. The summed E-state index contributed by atoms with van der Waals surface area (Å²) < 4.78 is 39.9. The summed E-state index contributed by atoms with van der Waals surface area (Å²) >= 11 is 0. The normalized spacial score (nSPS) is 12.8. The first-order valence-corrected chi connectivity index (χ1v) is 7.43. The number of hydrogen-bond donors (Lipinski definition) is 2. The van der Waals surface area contributed by atoms with Crippen LogP contribution in [0, 0.1) is 5.92 Å². The molecule has 1 aromatic rings. The van der Waals surface area contributed by atoms with Crippen molar-refractivity contribution in [2.24, 2.45) is 5.92 Å². The Labute approximate surface area is 137 Å². The summed E-state index contributed by atoms with van der Waals surface area (Å²) in [5.41, 5.74) is 0.649. The Morgan fingerprint density at radius 2 is 1.79 bits per heavy atom. The molecule has 1 unspecified atom stereocenters.